The molecule has 0 spiro atoms. The van der Waals surface area contributed by atoms with Crippen LogP contribution >= 0.6 is 0 Å². The van der Waals surface area contributed by atoms with Gasteiger partial charge in [-0.3, -0.25) is 0 Å². The number of carbonyl (C=O) groups is 1. The Morgan fingerprint density at radius 3 is 2.20 bits per heavy atom. The highest BCUT2D eigenvalue weighted by Crippen LogP contribution is 2.21. The molecule has 0 aliphatic carbocycles. The third-order valence-corrected chi connectivity index (χ3v) is 3.12. The summed E-state index contributed by atoms with van der Waals surface area (Å²) in [6, 6.07) is 10.0. The fraction of sp³-hybridized carbons (Fsp3) is 0.471. The molecule has 0 heterocycles. The minimum Gasteiger partial charge on any atom is -0.444 e. The maximum Gasteiger partial charge on any atom is 0.408 e. The number of benzene rings is 1. The zero-order valence-corrected chi connectivity index (χ0v) is 13.1. The Balaban J connectivity index is 2.82. The second-order valence-electron chi connectivity index (χ2n) is 6.40. The number of nitrogens with one attached hydrogen (secondary N) is 1. The van der Waals surface area contributed by atoms with Crippen LogP contribution in [0.4, 0.5) is 4.79 Å². The highest BCUT2D eigenvalue weighted by atomic mass is 16.6. The van der Waals surface area contributed by atoms with Gasteiger partial charge in [-0.15, -0.1) is 0 Å². The standard InChI is InChI=1S/C17H25NO2/c1-13(2)17(6,12-14-10-8-7-9-11-14)18-15(19)20-16(3,4)5/h7-11H,1,12H2,2-6H3,(H,18,19). The largest absolute Gasteiger partial charge is 0.444 e. The van der Waals surface area contributed by atoms with E-state index in [4.69, 9.17) is 4.74 Å². The monoisotopic (exact) mass is 275 g/mol. The van der Waals surface area contributed by atoms with Crippen LogP contribution in [0.3, 0.4) is 0 Å². The van der Waals surface area contributed by atoms with Crippen molar-refractivity contribution in [2.45, 2.75) is 52.2 Å². The molecule has 0 saturated carbocycles. The van der Waals surface area contributed by atoms with E-state index in [2.05, 4.69) is 11.9 Å². The molecule has 1 rings (SSSR count). The normalized spacial score (nSPS) is 14.2. The predicted octanol–water partition coefficient (Wildman–Crippen LogP) is 4.09. The van der Waals surface area contributed by atoms with Crippen molar-refractivity contribution in [3.8, 4) is 0 Å². The van der Waals surface area contributed by atoms with Crippen LogP contribution in [0.25, 0.3) is 0 Å². The van der Waals surface area contributed by atoms with Crippen molar-refractivity contribution in [3.05, 3.63) is 48.0 Å². The van der Waals surface area contributed by atoms with Gasteiger partial charge in [0.15, 0.2) is 0 Å². The first kappa shape index (κ1) is 16.3. The first-order valence-electron chi connectivity index (χ1n) is 6.83. The van der Waals surface area contributed by atoms with Crippen LogP contribution in [0.15, 0.2) is 42.5 Å². The topological polar surface area (TPSA) is 38.3 Å². The molecule has 1 aromatic carbocycles. The lowest BCUT2D eigenvalue weighted by molar-refractivity contribution is 0.0479. The van der Waals surface area contributed by atoms with Crippen molar-refractivity contribution in [1.82, 2.24) is 5.32 Å². The van der Waals surface area contributed by atoms with Gasteiger partial charge >= 0.3 is 6.09 Å². The minimum atomic E-state index is -0.524. The first-order chi connectivity index (χ1) is 9.12. The van der Waals surface area contributed by atoms with Gasteiger partial charge in [0.1, 0.15) is 5.60 Å². The molecule has 3 heteroatoms. The molecule has 0 aliphatic rings. The Morgan fingerprint density at radius 1 is 1.20 bits per heavy atom. The predicted molar refractivity (Wildman–Crippen MR) is 82.7 cm³/mol. The molecule has 1 N–H and O–H groups in total. The summed E-state index contributed by atoms with van der Waals surface area (Å²) in [6.07, 6.45) is 0.265. The molecule has 0 aromatic heterocycles. The van der Waals surface area contributed by atoms with Gasteiger partial charge in [0.2, 0.25) is 0 Å². The molecule has 0 saturated heterocycles. The smallest absolute Gasteiger partial charge is 0.408 e. The quantitative estimate of drug-likeness (QED) is 0.840. The number of hydrogen-bond acceptors (Lipinski definition) is 2. The Labute approximate surface area is 122 Å². The van der Waals surface area contributed by atoms with E-state index in [1.54, 1.807) is 0 Å². The molecule has 0 fully saturated rings. The molecule has 110 valence electrons. The summed E-state index contributed by atoms with van der Waals surface area (Å²) in [5, 5.41) is 2.94. The molecule has 1 unspecified atom stereocenters. The van der Waals surface area contributed by atoms with Gasteiger partial charge in [-0.05, 0) is 46.6 Å². The third kappa shape index (κ3) is 5.08. The molecule has 20 heavy (non-hydrogen) atoms. The van der Waals surface area contributed by atoms with E-state index in [0.29, 0.717) is 6.42 Å². The van der Waals surface area contributed by atoms with E-state index in [1.807, 2.05) is 65.0 Å². The molecular formula is C17H25NO2. The van der Waals surface area contributed by atoms with Gasteiger partial charge in [-0.2, -0.15) is 0 Å². The maximum atomic E-state index is 12.0. The van der Waals surface area contributed by atoms with E-state index < -0.39 is 17.2 Å². The van der Waals surface area contributed by atoms with Gasteiger partial charge in [-0.1, -0.05) is 42.5 Å². The Hall–Kier alpha value is -1.77. The van der Waals surface area contributed by atoms with E-state index >= 15 is 0 Å². The lowest BCUT2D eigenvalue weighted by atomic mass is 9.87. The van der Waals surface area contributed by atoms with Crippen LogP contribution in [-0.4, -0.2) is 17.2 Å². The van der Waals surface area contributed by atoms with Crippen molar-refractivity contribution < 1.29 is 9.53 Å². The van der Waals surface area contributed by atoms with Crippen LogP contribution in [0.1, 0.15) is 40.2 Å². The summed E-state index contributed by atoms with van der Waals surface area (Å²) in [6.45, 7) is 13.4. The van der Waals surface area contributed by atoms with Gasteiger partial charge in [-0.25, -0.2) is 4.79 Å². The second-order valence-corrected chi connectivity index (χ2v) is 6.40. The lowest BCUT2D eigenvalue weighted by Crippen LogP contribution is -2.50. The summed E-state index contributed by atoms with van der Waals surface area (Å²) in [5.74, 6) is 0. The molecule has 1 atom stereocenters. The lowest BCUT2D eigenvalue weighted by Gasteiger charge is -2.33. The van der Waals surface area contributed by atoms with Crippen molar-refractivity contribution >= 4 is 6.09 Å². The summed E-state index contributed by atoms with van der Waals surface area (Å²) in [5.41, 5.74) is 1.01. The molecule has 3 nitrogen and oxygen atoms in total. The summed E-state index contributed by atoms with van der Waals surface area (Å²) >= 11 is 0. The molecule has 1 aromatic rings. The van der Waals surface area contributed by atoms with Gasteiger partial charge in [0.05, 0.1) is 5.54 Å². The number of rotatable bonds is 4. The van der Waals surface area contributed by atoms with E-state index in [9.17, 15) is 4.79 Å². The number of carbonyl (C=O) groups excluding carboxylic acids is 1. The van der Waals surface area contributed by atoms with Crippen LogP contribution in [-0.2, 0) is 11.2 Å². The van der Waals surface area contributed by atoms with Gasteiger partial charge in [0, 0.05) is 0 Å². The molecule has 1 amide bonds. The average Bonchev–Trinajstić information content (AvgIpc) is 2.26. The number of hydrogen-bond donors (Lipinski definition) is 1. The minimum absolute atomic E-state index is 0.418. The van der Waals surface area contributed by atoms with Crippen molar-refractivity contribution in [2.24, 2.45) is 0 Å². The van der Waals surface area contributed by atoms with Crippen LogP contribution in [0.2, 0.25) is 0 Å². The number of amides is 1. The molecule has 0 radical (unpaired) electrons. The number of ether oxygens (including phenoxy) is 1. The van der Waals surface area contributed by atoms with Crippen molar-refractivity contribution in [1.29, 1.82) is 0 Å². The SMILES string of the molecule is C=C(C)C(C)(Cc1ccccc1)NC(=O)OC(C)(C)C. The van der Waals surface area contributed by atoms with Crippen LogP contribution in [0, 0.1) is 0 Å². The van der Waals surface area contributed by atoms with Crippen LogP contribution < -0.4 is 5.32 Å². The summed E-state index contributed by atoms with van der Waals surface area (Å²) < 4.78 is 5.33. The van der Waals surface area contributed by atoms with Crippen LogP contribution in [0.5, 0.6) is 0 Å². The Bertz CT molecular complexity index is 474. The van der Waals surface area contributed by atoms with Crippen molar-refractivity contribution in [2.75, 3.05) is 0 Å². The van der Waals surface area contributed by atoms with E-state index in [-0.39, 0.29) is 0 Å². The molecule has 0 aliphatic heterocycles. The van der Waals surface area contributed by atoms with Crippen molar-refractivity contribution in [3.63, 3.8) is 0 Å². The number of alkyl carbamates (subject to hydrolysis) is 1. The van der Waals surface area contributed by atoms with Gasteiger partial charge < -0.3 is 10.1 Å². The second kappa shape index (κ2) is 6.12. The highest BCUT2D eigenvalue weighted by Gasteiger charge is 2.30. The third-order valence-electron chi connectivity index (χ3n) is 3.12. The van der Waals surface area contributed by atoms with E-state index in [0.717, 1.165) is 11.1 Å². The molecular weight excluding hydrogens is 250 g/mol. The Kier molecular flexibility index (Phi) is 4.98. The van der Waals surface area contributed by atoms with E-state index in [1.165, 1.54) is 0 Å². The fourth-order valence-electron chi connectivity index (χ4n) is 1.83. The fourth-order valence-corrected chi connectivity index (χ4v) is 1.83. The summed E-state index contributed by atoms with van der Waals surface area (Å²) in [4.78, 5) is 12.0. The molecule has 0 bridgehead atoms. The summed E-state index contributed by atoms with van der Waals surface area (Å²) in [7, 11) is 0. The zero-order chi connectivity index (χ0) is 15.4. The van der Waals surface area contributed by atoms with Gasteiger partial charge in [0.25, 0.3) is 0 Å². The zero-order valence-electron chi connectivity index (χ0n) is 13.1. The average molecular weight is 275 g/mol. The highest BCUT2D eigenvalue weighted by molar-refractivity contribution is 5.69. The Morgan fingerprint density at radius 2 is 1.75 bits per heavy atom. The maximum absolute atomic E-state index is 12.0. The first-order valence-corrected chi connectivity index (χ1v) is 6.83.